The van der Waals surface area contributed by atoms with Crippen LogP contribution < -0.4 is 5.73 Å². The Bertz CT molecular complexity index is 478. The summed E-state index contributed by atoms with van der Waals surface area (Å²) < 4.78 is 1.87. The predicted molar refractivity (Wildman–Crippen MR) is 62.5 cm³/mol. The summed E-state index contributed by atoms with van der Waals surface area (Å²) in [5.41, 5.74) is 11.0. The Hall–Kier alpha value is -1.77. The van der Waals surface area contributed by atoms with Crippen LogP contribution in [0.15, 0.2) is 24.3 Å². The molecule has 1 aromatic heterocycles. The summed E-state index contributed by atoms with van der Waals surface area (Å²) in [4.78, 5) is 0. The van der Waals surface area contributed by atoms with Crippen molar-refractivity contribution in [3.63, 3.8) is 0 Å². The monoisotopic (exact) mass is 201 g/mol. The van der Waals surface area contributed by atoms with Gasteiger partial charge in [0.15, 0.2) is 0 Å². The number of benzene rings is 1. The van der Waals surface area contributed by atoms with Crippen LogP contribution in [-0.4, -0.2) is 9.78 Å². The highest BCUT2D eigenvalue weighted by atomic mass is 15.3. The second-order valence-electron chi connectivity index (χ2n) is 3.87. The first-order chi connectivity index (χ1) is 7.08. The molecule has 15 heavy (non-hydrogen) atoms. The molecule has 0 fully saturated rings. The lowest BCUT2D eigenvalue weighted by molar-refractivity contribution is 0.743. The Balaban J connectivity index is 2.49. The molecule has 0 aliphatic carbocycles. The molecule has 1 heterocycles. The lowest BCUT2D eigenvalue weighted by Crippen LogP contribution is -1.93. The van der Waals surface area contributed by atoms with Gasteiger partial charge >= 0.3 is 0 Å². The standard InChI is InChI=1S/C12H15N3/c1-8-4-5-10(7-11(8)13)12-6-9(2)15(3)14-12/h4-7H,13H2,1-3H3. The Morgan fingerprint density at radius 1 is 1.20 bits per heavy atom. The van der Waals surface area contributed by atoms with E-state index in [1.807, 2.05) is 43.8 Å². The van der Waals surface area contributed by atoms with E-state index in [2.05, 4.69) is 11.2 Å². The number of rotatable bonds is 1. The summed E-state index contributed by atoms with van der Waals surface area (Å²) in [6.45, 7) is 4.04. The first-order valence-electron chi connectivity index (χ1n) is 4.95. The average molecular weight is 201 g/mol. The van der Waals surface area contributed by atoms with Gasteiger partial charge in [-0.2, -0.15) is 5.10 Å². The fraction of sp³-hybridized carbons (Fsp3) is 0.250. The van der Waals surface area contributed by atoms with Gasteiger partial charge in [-0.3, -0.25) is 4.68 Å². The molecule has 0 saturated carbocycles. The molecular formula is C12H15N3. The fourth-order valence-electron chi connectivity index (χ4n) is 1.50. The lowest BCUT2D eigenvalue weighted by atomic mass is 10.1. The fourth-order valence-corrected chi connectivity index (χ4v) is 1.50. The minimum atomic E-state index is 0.816. The van der Waals surface area contributed by atoms with Crippen molar-refractivity contribution in [3.8, 4) is 11.3 Å². The van der Waals surface area contributed by atoms with Crippen LogP contribution in [0.2, 0.25) is 0 Å². The molecule has 2 rings (SSSR count). The third kappa shape index (κ3) is 1.73. The van der Waals surface area contributed by atoms with Crippen molar-refractivity contribution >= 4 is 5.69 Å². The SMILES string of the molecule is Cc1ccc(-c2cc(C)n(C)n2)cc1N. The van der Waals surface area contributed by atoms with E-state index in [0.29, 0.717) is 0 Å². The number of hydrogen-bond donors (Lipinski definition) is 1. The number of nitrogens with zero attached hydrogens (tertiary/aromatic N) is 2. The van der Waals surface area contributed by atoms with Crippen LogP contribution in [-0.2, 0) is 7.05 Å². The van der Waals surface area contributed by atoms with Gasteiger partial charge in [-0.25, -0.2) is 0 Å². The van der Waals surface area contributed by atoms with E-state index in [0.717, 1.165) is 28.2 Å². The first-order valence-corrected chi connectivity index (χ1v) is 4.95. The van der Waals surface area contributed by atoms with Gasteiger partial charge in [-0.05, 0) is 31.5 Å². The molecule has 78 valence electrons. The third-order valence-corrected chi connectivity index (χ3v) is 2.69. The number of nitrogen functional groups attached to an aromatic ring is 1. The Morgan fingerprint density at radius 2 is 1.93 bits per heavy atom. The molecule has 0 atom stereocenters. The van der Waals surface area contributed by atoms with E-state index in [9.17, 15) is 0 Å². The van der Waals surface area contributed by atoms with Gasteiger partial charge in [0.05, 0.1) is 5.69 Å². The summed E-state index contributed by atoms with van der Waals surface area (Å²) in [5, 5.41) is 4.41. The second kappa shape index (κ2) is 3.42. The van der Waals surface area contributed by atoms with Crippen molar-refractivity contribution in [1.82, 2.24) is 9.78 Å². The van der Waals surface area contributed by atoms with E-state index in [1.54, 1.807) is 0 Å². The van der Waals surface area contributed by atoms with Crippen LogP contribution in [0.5, 0.6) is 0 Å². The van der Waals surface area contributed by atoms with Gasteiger partial charge in [0.2, 0.25) is 0 Å². The van der Waals surface area contributed by atoms with Crippen LogP contribution in [0, 0.1) is 13.8 Å². The summed E-state index contributed by atoms with van der Waals surface area (Å²) in [6.07, 6.45) is 0. The number of nitrogens with two attached hydrogens (primary N) is 1. The zero-order chi connectivity index (χ0) is 11.0. The molecule has 0 saturated heterocycles. The molecule has 3 heteroatoms. The van der Waals surface area contributed by atoms with E-state index in [1.165, 1.54) is 0 Å². The maximum atomic E-state index is 5.87. The van der Waals surface area contributed by atoms with Crippen LogP contribution in [0.1, 0.15) is 11.3 Å². The zero-order valence-electron chi connectivity index (χ0n) is 9.28. The largest absolute Gasteiger partial charge is 0.398 e. The van der Waals surface area contributed by atoms with E-state index < -0.39 is 0 Å². The predicted octanol–water partition coefficient (Wildman–Crippen LogP) is 2.29. The molecular weight excluding hydrogens is 186 g/mol. The van der Waals surface area contributed by atoms with Crippen molar-refractivity contribution < 1.29 is 0 Å². The number of aryl methyl sites for hydroxylation is 3. The maximum Gasteiger partial charge on any atom is 0.0926 e. The molecule has 3 nitrogen and oxygen atoms in total. The van der Waals surface area contributed by atoms with E-state index >= 15 is 0 Å². The number of aromatic nitrogens is 2. The van der Waals surface area contributed by atoms with Crippen molar-refractivity contribution in [1.29, 1.82) is 0 Å². The summed E-state index contributed by atoms with van der Waals surface area (Å²) >= 11 is 0. The van der Waals surface area contributed by atoms with Crippen LogP contribution in [0.25, 0.3) is 11.3 Å². The minimum Gasteiger partial charge on any atom is -0.398 e. The van der Waals surface area contributed by atoms with Crippen LogP contribution in [0.3, 0.4) is 0 Å². The molecule has 0 spiro atoms. The Kier molecular flexibility index (Phi) is 2.23. The summed E-state index contributed by atoms with van der Waals surface area (Å²) in [5.74, 6) is 0. The van der Waals surface area contributed by atoms with Gasteiger partial charge in [-0.15, -0.1) is 0 Å². The zero-order valence-corrected chi connectivity index (χ0v) is 9.28. The molecule has 1 aromatic carbocycles. The normalized spacial score (nSPS) is 10.6. The Labute approximate surface area is 89.5 Å². The van der Waals surface area contributed by atoms with Crippen molar-refractivity contribution in [2.24, 2.45) is 7.05 Å². The topological polar surface area (TPSA) is 43.8 Å². The average Bonchev–Trinajstić information content (AvgIpc) is 2.52. The van der Waals surface area contributed by atoms with Crippen molar-refractivity contribution in [2.75, 3.05) is 5.73 Å². The third-order valence-electron chi connectivity index (χ3n) is 2.69. The smallest absolute Gasteiger partial charge is 0.0926 e. The van der Waals surface area contributed by atoms with Gasteiger partial charge < -0.3 is 5.73 Å². The maximum absolute atomic E-state index is 5.87. The molecule has 0 bridgehead atoms. The Morgan fingerprint density at radius 3 is 2.47 bits per heavy atom. The first kappa shape index (κ1) is 9.77. The second-order valence-corrected chi connectivity index (χ2v) is 3.87. The van der Waals surface area contributed by atoms with Gasteiger partial charge in [-0.1, -0.05) is 12.1 Å². The van der Waals surface area contributed by atoms with E-state index in [4.69, 9.17) is 5.73 Å². The van der Waals surface area contributed by atoms with Gasteiger partial charge in [0, 0.05) is 24.0 Å². The molecule has 2 aromatic rings. The quantitative estimate of drug-likeness (QED) is 0.719. The molecule has 0 aliphatic rings. The van der Waals surface area contributed by atoms with Crippen molar-refractivity contribution in [3.05, 3.63) is 35.5 Å². The number of hydrogen-bond acceptors (Lipinski definition) is 2. The molecule has 0 amide bonds. The minimum absolute atomic E-state index is 0.816. The highest BCUT2D eigenvalue weighted by molar-refractivity contribution is 5.66. The molecule has 2 N–H and O–H groups in total. The lowest BCUT2D eigenvalue weighted by Gasteiger charge is -2.01. The van der Waals surface area contributed by atoms with Crippen molar-refractivity contribution in [2.45, 2.75) is 13.8 Å². The highest BCUT2D eigenvalue weighted by Gasteiger charge is 2.05. The van der Waals surface area contributed by atoms with Crippen LogP contribution in [0.4, 0.5) is 5.69 Å². The molecule has 0 radical (unpaired) electrons. The van der Waals surface area contributed by atoms with Gasteiger partial charge in [0.25, 0.3) is 0 Å². The molecule has 0 aliphatic heterocycles. The highest BCUT2D eigenvalue weighted by Crippen LogP contribution is 2.22. The molecule has 0 unspecified atom stereocenters. The summed E-state index contributed by atoms with van der Waals surface area (Å²) in [6, 6.07) is 8.10. The van der Waals surface area contributed by atoms with Gasteiger partial charge in [0.1, 0.15) is 0 Å². The number of anilines is 1. The van der Waals surface area contributed by atoms with E-state index in [-0.39, 0.29) is 0 Å². The van der Waals surface area contributed by atoms with Crippen LogP contribution >= 0.6 is 0 Å². The summed E-state index contributed by atoms with van der Waals surface area (Å²) in [7, 11) is 1.94.